The van der Waals surface area contributed by atoms with Crippen LogP contribution in [-0.4, -0.2) is 37.1 Å². The Morgan fingerprint density at radius 2 is 1.93 bits per heavy atom. The van der Waals surface area contributed by atoms with Gasteiger partial charge in [0.1, 0.15) is 11.3 Å². The molecular formula is C19H19F4N3O. The summed E-state index contributed by atoms with van der Waals surface area (Å²) in [6.45, 7) is 1.66. The van der Waals surface area contributed by atoms with Crippen molar-refractivity contribution in [2.45, 2.75) is 12.6 Å². The molecule has 1 heterocycles. The predicted molar refractivity (Wildman–Crippen MR) is 96.1 cm³/mol. The van der Waals surface area contributed by atoms with Gasteiger partial charge in [-0.05, 0) is 51.3 Å². The lowest BCUT2D eigenvalue weighted by Gasteiger charge is -2.10. The van der Waals surface area contributed by atoms with E-state index in [2.05, 4.69) is 15.2 Å². The van der Waals surface area contributed by atoms with Crippen LogP contribution in [0.15, 0.2) is 40.8 Å². The van der Waals surface area contributed by atoms with Crippen molar-refractivity contribution in [3.05, 3.63) is 47.8 Å². The summed E-state index contributed by atoms with van der Waals surface area (Å²) in [5.41, 5.74) is -0.384. The van der Waals surface area contributed by atoms with Crippen LogP contribution in [0.2, 0.25) is 0 Å². The third-order valence-electron chi connectivity index (χ3n) is 4.03. The van der Waals surface area contributed by atoms with Crippen LogP contribution in [0.3, 0.4) is 0 Å². The van der Waals surface area contributed by atoms with Crippen molar-refractivity contribution in [2.24, 2.45) is 0 Å². The minimum absolute atomic E-state index is 0.291. The number of nitrogens with zero attached hydrogens (tertiary/aromatic N) is 2. The largest absolute Gasteiger partial charge is 0.436 e. The lowest BCUT2D eigenvalue weighted by atomic mass is 10.1. The molecule has 0 radical (unpaired) electrons. The molecule has 4 nitrogen and oxygen atoms in total. The first kappa shape index (κ1) is 19.2. The second-order valence-electron chi connectivity index (χ2n) is 6.45. The van der Waals surface area contributed by atoms with Gasteiger partial charge in [0.15, 0.2) is 5.58 Å². The molecule has 0 aliphatic rings. The molecule has 0 aliphatic heterocycles. The fraction of sp³-hybridized carbons (Fsp3) is 0.316. The highest BCUT2D eigenvalue weighted by Gasteiger charge is 2.36. The Morgan fingerprint density at radius 1 is 1.15 bits per heavy atom. The number of rotatable bonds is 6. The maximum absolute atomic E-state index is 14.1. The van der Waals surface area contributed by atoms with Crippen molar-refractivity contribution in [3.63, 3.8) is 0 Å². The molecule has 2 aromatic carbocycles. The smallest absolute Gasteiger partial charge is 0.417 e. The normalized spacial score (nSPS) is 12.1. The molecule has 0 fully saturated rings. The van der Waals surface area contributed by atoms with Crippen LogP contribution in [0.5, 0.6) is 0 Å². The Balaban J connectivity index is 1.90. The molecular weight excluding hydrogens is 362 g/mol. The molecule has 1 aromatic heterocycles. The lowest BCUT2D eigenvalue weighted by Crippen LogP contribution is -2.16. The zero-order valence-electron chi connectivity index (χ0n) is 14.9. The molecule has 0 bridgehead atoms. The topological polar surface area (TPSA) is 41.3 Å². The number of nitrogens with one attached hydrogen (secondary N) is 1. The van der Waals surface area contributed by atoms with Crippen LogP contribution in [0, 0.1) is 5.82 Å². The highest BCUT2D eigenvalue weighted by molar-refractivity contribution is 5.80. The van der Waals surface area contributed by atoms with Crippen LogP contribution in [0.4, 0.5) is 23.2 Å². The molecule has 0 amide bonds. The van der Waals surface area contributed by atoms with E-state index in [0.717, 1.165) is 43.4 Å². The van der Waals surface area contributed by atoms with E-state index in [9.17, 15) is 17.6 Å². The fourth-order valence-electron chi connectivity index (χ4n) is 2.75. The van der Waals surface area contributed by atoms with E-state index >= 15 is 0 Å². The molecule has 3 aromatic rings. The van der Waals surface area contributed by atoms with Gasteiger partial charge in [0.2, 0.25) is 5.89 Å². The first-order valence-corrected chi connectivity index (χ1v) is 8.41. The monoisotopic (exact) mass is 381 g/mol. The summed E-state index contributed by atoms with van der Waals surface area (Å²) < 4.78 is 59.2. The first-order chi connectivity index (χ1) is 12.8. The molecule has 144 valence electrons. The minimum Gasteiger partial charge on any atom is -0.436 e. The molecule has 0 saturated heterocycles. The maximum atomic E-state index is 14.1. The van der Waals surface area contributed by atoms with Gasteiger partial charge in [0, 0.05) is 18.3 Å². The number of aromatic nitrogens is 1. The van der Waals surface area contributed by atoms with Crippen molar-refractivity contribution in [1.82, 2.24) is 9.88 Å². The number of hydrogen-bond donors (Lipinski definition) is 1. The maximum Gasteiger partial charge on any atom is 0.417 e. The number of hydrogen-bond acceptors (Lipinski definition) is 4. The van der Waals surface area contributed by atoms with E-state index in [1.165, 1.54) is 0 Å². The van der Waals surface area contributed by atoms with Crippen molar-refractivity contribution in [3.8, 4) is 11.5 Å². The summed E-state index contributed by atoms with van der Waals surface area (Å²) in [6.07, 6.45) is -3.78. The van der Waals surface area contributed by atoms with Gasteiger partial charge in [0.05, 0.1) is 11.1 Å². The van der Waals surface area contributed by atoms with Crippen molar-refractivity contribution in [2.75, 3.05) is 32.5 Å². The average Bonchev–Trinajstić information content (AvgIpc) is 3.00. The molecule has 1 N–H and O–H groups in total. The minimum atomic E-state index is -4.71. The van der Waals surface area contributed by atoms with Gasteiger partial charge in [-0.2, -0.15) is 13.2 Å². The number of anilines is 1. The molecule has 0 saturated carbocycles. The molecule has 0 spiro atoms. The third kappa shape index (κ3) is 4.39. The molecule has 0 unspecified atom stereocenters. The van der Waals surface area contributed by atoms with E-state index in [0.29, 0.717) is 11.1 Å². The van der Waals surface area contributed by atoms with E-state index in [1.807, 2.05) is 14.1 Å². The highest BCUT2D eigenvalue weighted by Crippen LogP contribution is 2.39. The molecule has 0 atom stereocenters. The number of oxazole rings is 1. The number of fused-ring (bicyclic) bond motifs is 1. The second kappa shape index (κ2) is 7.56. The van der Waals surface area contributed by atoms with Crippen molar-refractivity contribution < 1.29 is 22.0 Å². The summed E-state index contributed by atoms with van der Waals surface area (Å²) in [4.78, 5) is 6.11. The Kier molecular flexibility index (Phi) is 5.36. The van der Waals surface area contributed by atoms with Crippen LogP contribution in [0.1, 0.15) is 12.0 Å². The van der Waals surface area contributed by atoms with Crippen molar-refractivity contribution in [1.29, 1.82) is 0 Å². The average molecular weight is 381 g/mol. The fourth-order valence-corrected chi connectivity index (χ4v) is 2.75. The number of alkyl halides is 3. The first-order valence-electron chi connectivity index (χ1n) is 8.41. The van der Waals surface area contributed by atoms with E-state index in [4.69, 9.17) is 4.42 Å². The summed E-state index contributed by atoms with van der Waals surface area (Å²) >= 11 is 0. The van der Waals surface area contributed by atoms with Gasteiger partial charge in [0.25, 0.3) is 0 Å². The Morgan fingerprint density at radius 3 is 2.63 bits per heavy atom. The van der Waals surface area contributed by atoms with Crippen LogP contribution in [0.25, 0.3) is 22.6 Å². The Hall–Kier alpha value is -2.61. The van der Waals surface area contributed by atoms with Gasteiger partial charge in [-0.3, -0.25) is 0 Å². The van der Waals surface area contributed by atoms with Gasteiger partial charge in [-0.1, -0.05) is 6.07 Å². The quantitative estimate of drug-likeness (QED) is 0.481. The Labute approximate surface area is 153 Å². The molecule has 8 heteroatoms. The predicted octanol–water partition coefficient (Wildman–Crippen LogP) is 5.02. The van der Waals surface area contributed by atoms with Crippen LogP contribution >= 0.6 is 0 Å². The van der Waals surface area contributed by atoms with Gasteiger partial charge >= 0.3 is 6.18 Å². The van der Waals surface area contributed by atoms with E-state index in [-0.39, 0.29) is 5.89 Å². The van der Waals surface area contributed by atoms with E-state index < -0.39 is 23.1 Å². The van der Waals surface area contributed by atoms with Crippen LogP contribution < -0.4 is 5.32 Å². The zero-order valence-corrected chi connectivity index (χ0v) is 14.9. The number of halogens is 4. The van der Waals surface area contributed by atoms with Gasteiger partial charge in [-0.15, -0.1) is 0 Å². The standard InChI is InChI=1S/C19H19F4N3O/c1-26(2)10-4-9-24-12-7-8-15-16(11-12)27-18(25-15)17-13(19(21,22)23)5-3-6-14(17)20/h3,5-8,11,24H,4,9-10H2,1-2H3. The Bertz CT molecular complexity index is 934. The lowest BCUT2D eigenvalue weighted by molar-refractivity contribution is -0.137. The van der Waals surface area contributed by atoms with Crippen molar-refractivity contribution >= 4 is 16.8 Å². The molecule has 3 rings (SSSR count). The zero-order chi connectivity index (χ0) is 19.6. The van der Waals surface area contributed by atoms with Gasteiger partial charge < -0.3 is 14.6 Å². The van der Waals surface area contributed by atoms with Gasteiger partial charge in [-0.25, -0.2) is 9.37 Å². The summed E-state index contributed by atoms with van der Waals surface area (Å²) in [6, 6.07) is 7.82. The van der Waals surface area contributed by atoms with E-state index in [1.54, 1.807) is 18.2 Å². The summed E-state index contributed by atoms with van der Waals surface area (Å²) in [5.74, 6) is -1.42. The summed E-state index contributed by atoms with van der Waals surface area (Å²) in [7, 11) is 3.97. The third-order valence-corrected chi connectivity index (χ3v) is 4.03. The highest BCUT2D eigenvalue weighted by atomic mass is 19.4. The second-order valence-corrected chi connectivity index (χ2v) is 6.45. The molecule has 27 heavy (non-hydrogen) atoms. The number of benzene rings is 2. The molecule has 0 aliphatic carbocycles. The SMILES string of the molecule is CN(C)CCCNc1ccc2nc(-c3c(F)cccc3C(F)(F)F)oc2c1. The van der Waals surface area contributed by atoms with Crippen LogP contribution in [-0.2, 0) is 6.18 Å². The summed E-state index contributed by atoms with van der Waals surface area (Å²) in [5, 5.41) is 3.22.